The van der Waals surface area contributed by atoms with Gasteiger partial charge in [-0.15, -0.1) is 11.3 Å². The predicted octanol–water partition coefficient (Wildman–Crippen LogP) is 7.56. The number of aliphatic hydroxyl groups is 1. The molecule has 14 nitrogen and oxygen atoms in total. The standard InChI is InChI=1S/C53H55FN6O8S/c1-31-49(69-30-56-31)34-17-15-32(16-18-34)28-55-51(64)48-46(54)41(61)29-60(48)52(65)50(53(2,3)4)59-44(62)21-22-67-23-24-68-42-20-19-35(25-43(42)66-5)37-26-40(33-11-7-6-8-12-33)58-47-36-13-9-10-14-39(36)57-45(63)27-38(37)47/h6-20,25-26,30,41,46,48,50,61H,21-24,27-29H2,1-5H3,(H,55,64)(H,57,63)(H,59,62)/t41-,46-,48-,50+/m0/s1. The SMILES string of the molecule is COc1cc(-c2cc(-c3ccccc3)nc3c2CC(=O)Nc2ccccc2-3)ccc1OCCOCCC(=O)N[C@H](C(=O)N1C[C@H](O)[C@H](F)[C@H]1C(=O)NCc1ccc(-c2scnc2C)cc1)C(C)(C)C. The fourth-order valence-electron chi connectivity index (χ4n) is 8.58. The van der Waals surface area contributed by atoms with Crippen molar-refractivity contribution >= 4 is 40.7 Å². The van der Waals surface area contributed by atoms with Gasteiger partial charge in [0.1, 0.15) is 24.8 Å². The summed E-state index contributed by atoms with van der Waals surface area (Å²) in [7, 11) is 1.55. The number of nitrogens with one attached hydrogen (secondary N) is 3. The Labute approximate surface area is 404 Å². The summed E-state index contributed by atoms with van der Waals surface area (Å²) in [5.41, 5.74) is 9.97. The van der Waals surface area contributed by atoms with Crippen molar-refractivity contribution in [2.75, 3.05) is 38.8 Å². The Balaban J connectivity index is 0.862. The Hall–Kier alpha value is -7.01. The fourth-order valence-corrected chi connectivity index (χ4v) is 9.39. The number of aliphatic hydroxyl groups excluding tert-OH is 1. The number of pyridine rings is 1. The molecular formula is C53H55FN6O8S. The van der Waals surface area contributed by atoms with E-state index in [1.807, 2.05) is 104 Å². The lowest BCUT2D eigenvalue weighted by Gasteiger charge is -2.35. The van der Waals surface area contributed by atoms with Gasteiger partial charge in [0.05, 0.1) is 66.4 Å². The summed E-state index contributed by atoms with van der Waals surface area (Å²) in [5, 5.41) is 19.0. The number of amides is 4. The topological polar surface area (TPSA) is 181 Å². The smallest absolute Gasteiger partial charge is 0.246 e. The summed E-state index contributed by atoms with van der Waals surface area (Å²) < 4.78 is 33.1. The number of alkyl halides is 1. The Morgan fingerprint density at radius 2 is 1.65 bits per heavy atom. The normalized spacial score (nSPS) is 16.9. The van der Waals surface area contributed by atoms with E-state index >= 15 is 4.39 Å². The van der Waals surface area contributed by atoms with Gasteiger partial charge in [-0.25, -0.2) is 14.4 Å². The second-order valence-corrected chi connectivity index (χ2v) is 18.9. The highest BCUT2D eigenvalue weighted by molar-refractivity contribution is 7.13. The summed E-state index contributed by atoms with van der Waals surface area (Å²) >= 11 is 1.53. The molecule has 69 heavy (non-hydrogen) atoms. The minimum absolute atomic E-state index is 0.00867. The molecule has 0 bridgehead atoms. The minimum Gasteiger partial charge on any atom is -0.493 e. The average Bonchev–Trinajstić information content (AvgIpc) is 3.87. The molecule has 2 aromatic heterocycles. The third-order valence-corrected chi connectivity index (χ3v) is 13.2. The Bertz CT molecular complexity index is 2830. The van der Waals surface area contributed by atoms with Gasteiger partial charge in [0, 0.05) is 24.1 Å². The first-order valence-corrected chi connectivity index (χ1v) is 23.6. The molecule has 1 saturated heterocycles. The molecule has 358 valence electrons. The molecule has 16 heteroatoms. The van der Waals surface area contributed by atoms with E-state index in [2.05, 4.69) is 20.9 Å². The number of ether oxygens (including phenoxy) is 3. The number of anilines is 1. The number of aryl methyl sites for hydroxylation is 1. The first-order chi connectivity index (χ1) is 33.2. The van der Waals surface area contributed by atoms with Gasteiger partial charge < -0.3 is 40.2 Å². The number of carbonyl (C=O) groups is 4. The molecule has 0 radical (unpaired) electrons. The Kier molecular flexibility index (Phi) is 14.8. The molecule has 0 saturated carbocycles. The average molecular weight is 955 g/mol. The summed E-state index contributed by atoms with van der Waals surface area (Å²) in [4.78, 5) is 65.5. The van der Waals surface area contributed by atoms with Crippen LogP contribution in [0.3, 0.4) is 0 Å². The number of thiazole rings is 1. The molecule has 4 amide bonds. The highest BCUT2D eigenvalue weighted by Gasteiger charge is 2.50. The first kappa shape index (κ1) is 48.4. The van der Waals surface area contributed by atoms with E-state index in [1.54, 1.807) is 39.5 Å². The van der Waals surface area contributed by atoms with Gasteiger partial charge in [0.2, 0.25) is 23.6 Å². The van der Waals surface area contributed by atoms with E-state index in [4.69, 9.17) is 19.2 Å². The molecular weight excluding hydrogens is 900 g/mol. The van der Waals surface area contributed by atoms with Crippen molar-refractivity contribution in [1.29, 1.82) is 0 Å². The number of halogens is 1. The highest BCUT2D eigenvalue weighted by atomic mass is 32.1. The Morgan fingerprint density at radius 1 is 0.913 bits per heavy atom. The summed E-state index contributed by atoms with van der Waals surface area (Å²) in [6, 6.07) is 29.9. The monoisotopic (exact) mass is 954 g/mol. The minimum atomic E-state index is -2.02. The number of likely N-dealkylation sites (tertiary alicyclic amines) is 1. The van der Waals surface area contributed by atoms with E-state index < -0.39 is 54.0 Å². The zero-order chi connectivity index (χ0) is 48.8. The van der Waals surface area contributed by atoms with Gasteiger partial charge in [-0.2, -0.15) is 0 Å². The largest absolute Gasteiger partial charge is 0.493 e. The van der Waals surface area contributed by atoms with Crippen molar-refractivity contribution in [3.05, 3.63) is 125 Å². The second-order valence-electron chi connectivity index (χ2n) is 18.1. The van der Waals surface area contributed by atoms with E-state index in [-0.39, 0.29) is 45.1 Å². The number of benzene rings is 4. The van der Waals surface area contributed by atoms with Crippen molar-refractivity contribution in [1.82, 2.24) is 25.5 Å². The number of hydrogen-bond donors (Lipinski definition) is 4. The van der Waals surface area contributed by atoms with E-state index in [0.717, 1.165) is 65.8 Å². The summed E-state index contributed by atoms with van der Waals surface area (Å²) in [6.45, 7) is 7.12. The molecule has 2 aliphatic heterocycles. The molecule has 2 aliphatic rings. The maximum Gasteiger partial charge on any atom is 0.246 e. The highest BCUT2D eigenvalue weighted by Crippen LogP contribution is 2.42. The third kappa shape index (κ3) is 11.0. The first-order valence-electron chi connectivity index (χ1n) is 22.8. The fraction of sp³-hybridized carbons (Fsp3) is 0.321. The van der Waals surface area contributed by atoms with Crippen molar-refractivity contribution in [2.24, 2.45) is 5.41 Å². The molecule has 0 spiro atoms. The van der Waals surface area contributed by atoms with Crippen molar-refractivity contribution < 1.29 is 42.9 Å². The number of para-hydroxylation sites is 1. The maximum atomic E-state index is 15.5. The van der Waals surface area contributed by atoms with Gasteiger partial charge in [0.15, 0.2) is 17.7 Å². The molecule has 1 fully saturated rings. The number of carbonyl (C=O) groups excluding carboxylic acids is 4. The van der Waals surface area contributed by atoms with Crippen LogP contribution in [0.2, 0.25) is 0 Å². The lowest BCUT2D eigenvalue weighted by molar-refractivity contribution is -0.145. The van der Waals surface area contributed by atoms with Gasteiger partial charge in [0.25, 0.3) is 0 Å². The van der Waals surface area contributed by atoms with Crippen LogP contribution in [0, 0.1) is 12.3 Å². The van der Waals surface area contributed by atoms with Crippen LogP contribution in [0.1, 0.15) is 44.0 Å². The number of hydrogen-bond acceptors (Lipinski definition) is 11. The van der Waals surface area contributed by atoms with Crippen molar-refractivity contribution in [2.45, 2.75) is 71.4 Å². The van der Waals surface area contributed by atoms with Crippen LogP contribution in [0.4, 0.5) is 10.1 Å². The number of β-amino-alcohol motifs (C(OH)–C–C–N with tert-alkyl or cyclic N) is 1. The molecule has 4 aromatic carbocycles. The van der Waals surface area contributed by atoms with E-state index in [0.29, 0.717) is 17.2 Å². The number of rotatable bonds is 16. The van der Waals surface area contributed by atoms with E-state index in [1.165, 1.54) is 11.3 Å². The maximum absolute atomic E-state index is 15.5. The second kappa shape index (κ2) is 21.1. The quantitative estimate of drug-likeness (QED) is 0.0708. The van der Waals surface area contributed by atoms with Crippen molar-refractivity contribution in [3.63, 3.8) is 0 Å². The van der Waals surface area contributed by atoms with Crippen LogP contribution >= 0.6 is 11.3 Å². The summed E-state index contributed by atoms with van der Waals surface area (Å²) in [6.07, 6.45) is -3.58. The lowest BCUT2D eigenvalue weighted by Crippen LogP contribution is -2.58. The van der Waals surface area contributed by atoms with Crippen LogP contribution in [0.15, 0.2) is 109 Å². The number of nitrogens with zero attached hydrogens (tertiary/aromatic N) is 3. The van der Waals surface area contributed by atoms with Crippen LogP contribution < -0.4 is 25.4 Å². The molecule has 4 atom stereocenters. The zero-order valence-electron chi connectivity index (χ0n) is 39.1. The van der Waals surface area contributed by atoms with Crippen LogP contribution in [0.25, 0.3) is 44.1 Å². The lowest BCUT2D eigenvalue weighted by atomic mass is 9.85. The third-order valence-electron chi connectivity index (χ3n) is 12.2. The van der Waals surface area contributed by atoms with Gasteiger partial charge in [-0.1, -0.05) is 99.6 Å². The van der Waals surface area contributed by atoms with E-state index in [9.17, 15) is 24.3 Å². The molecule has 0 aliphatic carbocycles. The molecule has 0 unspecified atom stereocenters. The molecule has 4 heterocycles. The van der Waals surface area contributed by atoms with Gasteiger partial charge >= 0.3 is 0 Å². The number of fused-ring (bicyclic) bond motifs is 3. The molecule has 6 aromatic rings. The number of aromatic nitrogens is 2. The predicted molar refractivity (Wildman–Crippen MR) is 262 cm³/mol. The van der Waals surface area contributed by atoms with Gasteiger partial charge in [-0.3, -0.25) is 19.2 Å². The summed E-state index contributed by atoms with van der Waals surface area (Å²) in [5.74, 6) is -1.13. The van der Waals surface area contributed by atoms with Crippen LogP contribution in [0.5, 0.6) is 11.5 Å². The van der Waals surface area contributed by atoms with Crippen molar-refractivity contribution in [3.8, 4) is 55.6 Å². The zero-order valence-corrected chi connectivity index (χ0v) is 39.9. The van der Waals surface area contributed by atoms with Crippen LogP contribution in [-0.4, -0.2) is 101 Å². The Morgan fingerprint density at radius 3 is 2.38 bits per heavy atom. The van der Waals surface area contributed by atoms with Crippen LogP contribution in [-0.2, 0) is 36.9 Å². The molecule has 8 rings (SSSR count). The molecule has 4 N–H and O–H groups in total. The van der Waals surface area contributed by atoms with Gasteiger partial charge in [-0.05, 0) is 64.4 Å². The number of methoxy groups -OCH3 is 1.